The minimum atomic E-state index is -1.13. The summed E-state index contributed by atoms with van der Waals surface area (Å²) in [6, 6.07) is 4.21. The smallest absolute Gasteiger partial charge is 0.327 e. The van der Waals surface area contributed by atoms with Crippen LogP contribution in [0.4, 0.5) is 4.79 Å². The molecule has 2 aliphatic rings. The first-order valence-corrected chi connectivity index (χ1v) is 9.29. The summed E-state index contributed by atoms with van der Waals surface area (Å²) >= 11 is 0. The van der Waals surface area contributed by atoms with Crippen LogP contribution in [0.5, 0.6) is 17.2 Å². The van der Waals surface area contributed by atoms with Gasteiger partial charge in [-0.25, -0.2) is 14.8 Å². The highest BCUT2D eigenvalue weighted by molar-refractivity contribution is 6.28. The lowest BCUT2D eigenvalue weighted by atomic mass is 10.3. The molecule has 12 nitrogen and oxygen atoms in total. The second kappa shape index (κ2) is 10.0. The number of amides is 3. The van der Waals surface area contributed by atoms with Crippen LogP contribution < -0.4 is 31.0 Å². The molecule has 2 heterocycles. The molecule has 2 atom stereocenters. The Morgan fingerprint density at radius 3 is 2.63 bits per heavy atom. The number of methoxy groups -OCH3 is 1. The fourth-order valence-corrected chi connectivity index (χ4v) is 2.72. The molecule has 0 radical (unpaired) electrons. The summed E-state index contributed by atoms with van der Waals surface area (Å²) in [6.45, 7) is 1.31. The summed E-state index contributed by atoms with van der Waals surface area (Å²) in [4.78, 5) is 33.4. The summed E-state index contributed by atoms with van der Waals surface area (Å²) in [5, 5.41) is 2.23. The van der Waals surface area contributed by atoms with Gasteiger partial charge in [0.25, 0.3) is 12.1 Å². The summed E-state index contributed by atoms with van der Waals surface area (Å²) in [5.41, 5.74) is 11.1. The van der Waals surface area contributed by atoms with Gasteiger partial charge in [-0.05, 0) is 13.0 Å². The van der Waals surface area contributed by atoms with Crippen molar-refractivity contribution in [3.63, 3.8) is 0 Å². The average molecular weight is 420 g/mol. The van der Waals surface area contributed by atoms with Crippen molar-refractivity contribution >= 4 is 24.1 Å². The molecular formula is C18H24N6O6. The number of carbonyl (C=O) groups excluding carboxylic acids is 2. The van der Waals surface area contributed by atoms with Crippen molar-refractivity contribution in [3.05, 3.63) is 18.2 Å². The number of rotatable bonds is 10. The van der Waals surface area contributed by atoms with Crippen molar-refractivity contribution in [1.82, 2.24) is 10.2 Å². The average Bonchev–Trinajstić information content (AvgIpc) is 3.22. The van der Waals surface area contributed by atoms with E-state index in [2.05, 4.69) is 15.3 Å². The number of aliphatic imine (C=N–C) groups is 2. The lowest BCUT2D eigenvalue weighted by Crippen LogP contribution is -2.40. The van der Waals surface area contributed by atoms with Gasteiger partial charge in [-0.15, -0.1) is 0 Å². The quantitative estimate of drug-likeness (QED) is 0.334. The van der Waals surface area contributed by atoms with E-state index in [-0.39, 0.29) is 24.8 Å². The molecule has 5 N–H and O–H groups in total. The Labute approximate surface area is 172 Å². The van der Waals surface area contributed by atoms with Gasteiger partial charge in [-0.2, -0.15) is 0 Å². The predicted octanol–water partition coefficient (Wildman–Crippen LogP) is -0.579. The summed E-state index contributed by atoms with van der Waals surface area (Å²) < 4.78 is 22.1. The monoisotopic (exact) mass is 420 g/mol. The van der Waals surface area contributed by atoms with Gasteiger partial charge in [0.1, 0.15) is 23.9 Å². The van der Waals surface area contributed by atoms with E-state index in [1.54, 1.807) is 25.3 Å². The Bertz CT molecular complexity index is 844. The molecule has 30 heavy (non-hydrogen) atoms. The Balaban J connectivity index is 1.80. The third-order valence-electron chi connectivity index (χ3n) is 4.08. The number of imide groups is 1. The molecule has 1 aromatic carbocycles. The first-order valence-electron chi connectivity index (χ1n) is 9.29. The molecule has 162 valence electrons. The fourth-order valence-electron chi connectivity index (χ4n) is 2.72. The molecule has 2 unspecified atom stereocenters. The molecule has 1 aromatic rings. The van der Waals surface area contributed by atoms with Crippen LogP contribution in [0, 0.1) is 0 Å². The van der Waals surface area contributed by atoms with Crippen LogP contribution in [-0.4, -0.2) is 74.9 Å². The summed E-state index contributed by atoms with van der Waals surface area (Å²) in [5.74, 6) is 0.659. The van der Waals surface area contributed by atoms with Crippen molar-refractivity contribution in [1.29, 1.82) is 0 Å². The van der Waals surface area contributed by atoms with E-state index in [0.29, 0.717) is 31.1 Å². The van der Waals surface area contributed by atoms with Crippen LogP contribution >= 0.6 is 0 Å². The number of nitrogens with one attached hydrogen (secondary N) is 1. The van der Waals surface area contributed by atoms with E-state index in [9.17, 15) is 9.59 Å². The van der Waals surface area contributed by atoms with Gasteiger partial charge in [0.2, 0.25) is 5.90 Å². The number of hydrogen-bond donors (Lipinski definition) is 3. The van der Waals surface area contributed by atoms with Crippen LogP contribution in [0.3, 0.4) is 0 Å². The van der Waals surface area contributed by atoms with Gasteiger partial charge in [0.05, 0.1) is 12.8 Å². The van der Waals surface area contributed by atoms with E-state index in [1.807, 2.05) is 0 Å². The number of hydrogen-bond acceptors (Lipinski definition) is 10. The summed E-state index contributed by atoms with van der Waals surface area (Å²) in [6.07, 6.45) is 0.0848. The zero-order chi connectivity index (χ0) is 21.5. The van der Waals surface area contributed by atoms with E-state index >= 15 is 0 Å². The van der Waals surface area contributed by atoms with E-state index < -0.39 is 24.5 Å². The molecule has 0 bridgehead atoms. The third-order valence-corrected chi connectivity index (χ3v) is 4.08. The van der Waals surface area contributed by atoms with Gasteiger partial charge < -0.3 is 24.7 Å². The molecule has 12 heteroatoms. The normalized spacial score (nSPS) is 20.4. The Morgan fingerprint density at radius 2 is 1.93 bits per heavy atom. The van der Waals surface area contributed by atoms with Crippen LogP contribution in [0.15, 0.2) is 28.2 Å². The maximum atomic E-state index is 12.2. The largest absolute Gasteiger partial charge is 0.491 e. The molecule has 2 aliphatic heterocycles. The van der Waals surface area contributed by atoms with Gasteiger partial charge in [-0.3, -0.25) is 20.7 Å². The Morgan fingerprint density at radius 1 is 1.17 bits per heavy atom. The second-order valence-electron chi connectivity index (χ2n) is 6.34. The number of benzene rings is 1. The minimum absolute atomic E-state index is 0.223. The standard InChI is InChI=1S/C18H24N6O6/c1-27-5-6-28-11-7-12(29-14-10-21-17(20)22-14)9-13(8-11)30-16-15(25)23-18(26)24(16)4-2-3-19/h7-10,16-17H,2-6,19-20H2,1H3,(H,23,25,26). The third kappa shape index (κ3) is 5.43. The second-order valence-corrected chi connectivity index (χ2v) is 6.34. The predicted molar refractivity (Wildman–Crippen MR) is 107 cm³/mol. The van der Waals surface area contributed by atoms with Crippen molar-refractivity contribution in [3.8, 4) is 17.2 Å². The zero-order valence-electron chi connectivity index (χ0n) is 16.4. The SMILES string of the molecule is COCCOc1cc(OC2=NC(N)N=C2)cc(OC2C(=O)NC(=O)N2CCCN)c1. The van der Waals surface area contributed by atoms with Crippen LogP contribution in [0.2, 0.25) is 0 Å². The van der Waals surface area contributed by atoms with Crippen LogP contribution in [0.25, 0.3) is 0 Å². The number of nitrogens with two attached hydrogens (primary N) is 2. The van der Waals surface area contributed by atoms with Crippen molar-refractivity contribution in [2.45, 2.75) is 18.9 Å². The van der Waals surface area contributed by atoms with Gasteiger partial charge in [-0.1, -0.05) is 0 Å². The number of nitrogens with zero attached hydrogens (tertiary/aromatic N) is 3. The Kier molecular flexibility index (Phi) is 7.17. The lowest BCUT2D eigenvalue weighted by molar-refractivity contribution is -0.128. The van der Waals surface area contributed by atoms with Crippen LogP contribution in [0.1, 0.15) is 6.42 Å². The minimum Gasteiger partial charge on any atom is -0.491 e. The molecule has 3 rings (SSSR count). The Hall–Kier alpha value is -3.22. The van der Waals surface area contributed by atoms with Gasteiger partial charge in [0.15, 0.2) is 6.29 Å². The lowest BCUT2D eigenvalue weighted by Gasteiger charge is -2.22. The summed E-state index contributed by atoms with van der Waals surface area (Å²) in [7, 11) is 1.56. The van der Waals surface area contributed by atoms with Crippen molar-refractivity contribution < 1.29 is 28.5 Å². The highest BCUT2D eigenvalue weighted by Crippen LogP contribution is 2.30. The molecule has 0 saturated carbocycles. The number of ether oxygens (including phenoxy) is 4. The van der Waals surface area contributed by atoms with Gasteiger partial charge in [0, 0.05) is 31.9 Å². The first kappa shape index (κ1) is 21.5. The van der Waals surface area contributed by atoms with Crippen LogP contribution in [-0.2, 0) is 9.53 Å². The fraction of sp³-hybridized carbons (Fsp3) is 0.444. The van der Waals surface area contributed by atoms with Crippen molar-refractivity contribution in [2.75, 3.05) is 33.4 Å². The van der Waals surface area contributed by atoms with Gasteiger partial charge >= 0.3 is 6.03 Å². The molecule has 1 saturated heterocycles. The van der Waals surface area contributed by atoms with E-state index in [1.165, 1.54) is 11.1 Å². The molecule has 3 amide bonds. The maximum Gasteiger partial charge on any atom is 0.327 e. The zero-order valence-corrected chi connectivity index (χ0v) is 16.4. The highest BCUT2D eigenvalue weighted by Gasteiger charge is 2.40. The molecule has 0 spiro atoms. The first-order chi connectivity index (χ1) is 14.5. The van der Waals surface area contributed by atoms with Crippen molar-refractivity contribution in [2.24, 2.45) is 21.5 Å². The topological polar surface area (TPSA) is 163 Å². The maximum absolute atomic E-state index is 12.2. The molecule has 0 aliphatic carbocycles. The molecule has 0 aromatic heterocycles. The molecule has 1 fully saturated rings. The molecular weight excluding hydrogens is 396 g/mol. The number of carbonyl (C=O) groups is 2. The highest BCUT2D eigenvalue weighted by atomic mass is 16.5. The van der Waals surface area contributed by atoms with E-state index in [4.69, 9.17) is 30.4 Å². The van der Waals surface area contributed by atoms with E-state index in [0.717, 1.165) is 0 Å². The number of urea groups is 1.